The van der Waals surface area contributed by atoms with Gasteiger partial charge in [-0.2, -0.15) is 18.3 Å². The molecule has 6 rings (SSSR count). The Balaban J connectivity index is 1.46. The molecule has 16 heteroatoms. The number of nitrogens with zero attached hydrogens (tertiary/aromatic N) is 8. The Kier molecular flexibility index (Phi) is 6.59. The number of hydrogen-bond donors (Lipinski definition) is 1. The van der Waals surface area contributed by atoms with Gasteiger partial charge in [-0.05, 0) is 42.7 Å². The molecule has 232 valence electrons. The summed E-state index contributed by atoms with van der Waals surface area (Å²) in [5.74, 6) is -3.70. The second-order valence-corrected chi connectivity index (χ2v) is 10.5. The molecule has 5 aromatic rings. The van der Waals surface area contributed by atoms with Crippen LogP contribution >= 0.6 is 0 Å². The zero-order chi connectivity index (χ0) is 34.5. The van der Waals surface area contributed by atoms with Gasteiger partial charge in [0.2, 0.25) is 5.91 Å². The van der Waals surface area contributed by atoms with Crippen LogP contribution in [0.1, 0.15) is 47.6 Å². The third-order valence-electron chi connectivity index (χ3n) is 7.53. The lowest BCUT2D eigenvalue weighted by molar-refractivity contribution is -0.141. The van der Waals surface area contributed by atoms with Gasteiger partial charge in [0.05, 0.1) is 53.1 Å². The lowest BCUT2D eigenvalue weighted by Gasteiger charge is -2.23. The quantitative estimate of drug-likeness (QED) is 0.281. The lowest BCUT2D eigenvalue weighted by Crippen LogP contribution is -2.27. The molecule has 1 aliphatic rings. The van der Waals surface area contributed by atoms with E-state index < -0.39 is 53.6 Å². The molecule has 1 N–H and O–H groups in total. The van der Waals surface area contributed by atoms with E-state index in [0.29, 0.717) is 41.8 Å². The van der Waals surface area contributed by atoms with E-state index in [-0.39, 0.29) is 34.4 Å². The molecule has 11 nitrogen and oxygen atoms in total. The molecule has 45 heavy (non-hydrogen) atoms. The fourth-order valence-corrected chi connectivity index (χ4v) is 5.21. The first-order valence-electron chi connectivity index (χ1n) is 15.1. The minimum Gasteiger partial charge on any atom is -0.323 e. The molecule has 0 unspecified atom stereocenters. The van der Waals surface area contributed by atoms with Gasteiger partial charge >= 0.3 is 6.18 Å². The van der Waals surface area contributed by atoms with Crippen LogP contribution in [0.25, 0.3) is 28.3 Å². The highest BCUT2D eigenvalue weighted by Gasteiger charge is 2.35. The number of nitrogens with one attached hydrogen (secondary N) is 1. The van der Waals surface area contributed by atoms with Gasteiger partial charge in [0.25, 0.3) is 5.56 Å². The van der Waals surface area contributed by atoms with E-state index in [1.165, 1.54) is 17.0 Å². The summed E-state index contributed by atoms with van der Waals surface area (Å²) in [4.78, 5) is 35.2. The number of hydrogen-bond acceptors (Lipinski definition) is 7. The van der Waals surface area contributed by atoms with Crippen LogP contribution in [-0.2, 0) is 17.9 Å². The Morgan fingerprint density at radius 1 is 1.07 bits per heavy atom. The summed E-state index contributed by atoms with van der Waals surface area (Å²) in [6, 6.07) is 5.02. The highest BCUT2D eigenvalue weighted by Crippen LogP contribution is 2.34. The standard InChI is InChI=1S/C29H24F5N9O2/c1-15-4-3-5-21(16-8-9-35-19(10-16)27-20(38-28(15)45)12-37-41(27)2)42-14-36-18(11-24(42)44)25-22(7-6-17(30)26(25)31)43-13-23(39-40-43)29(32,33)34/h6-15,21H,3-5H2,1-2H3,(H,38,45)/t15-,21+/m1/s1/i2D3. The van der Waals surface area contributed by atoms with E-state index in [1.807, 2.05) is 0 Å². The first-order valence-corrected chi connectivity index (χ1v) is 13.6. The number of fused-ring (bicyclic) bond motifs is 4. The van der Waals surface area contributed by atoms with Crippen molar-refractivity contribution in [2.75, 3.05) is 5.32 Å². The van der Waals surface area contributed by atoms with Crippen LogP contribution < -0.4 is 10.9 Å². The number of halogens is 5. The predicted octanol–water partition coefficient (Wildman–Crippen LogP) is 4.93. The zero-order valence-corrected chi connectivity index (χ0v) is 23.3. The zero-order valence-electron chi connectivity index (χ0n) is 26.3. The van der Waals surface area contributed by atoms with Gasteiger partial charge in [-0.25, -0.2) is 18.4 Å². The van der Waals surface area contributed by atoms with Crippen molar-refractivity contribution in [3.05, 3.63) is 88.5 Å². The number of alkyl halides is 3. The monoisotopic (exact) mass is 628 g/mol. The van der Waals surface area contributed by atoms with Gasteiger partial charge in [-0.15, -0.1) is 5.10 Å². The number of anilines is 1. The minimum atomic E-state index is -4.86. The molecule has 2 bridgehead atoms. The van der Waals surface area contributed by atoms with Crippen LogP contribution in [0.4, 0.5) is 27.6 Å². The van der Waals surface area contributed by atoms with E-state index in [0.717, 1.165) is 23.1 Å². The molecule has 0 spiro atoms. The lowest BCUT2D eigenvalue weighted by atomic mass is 9.95. The minimum absolute atomic E-state index is 0.0217. The molecule has 0 saturated heterocycles. The first-order chi connectivity index (χ1) is 22.6. The summed E-state index contributed by atoms with van der Waals surface area (Å²) in [5.41, 5.74) is -2.63. The average molecular weight is 629 g/mol. The Morgan fingerprint density at radius 2 is 1.89 bits per heavy atom. The van der Waals surface area contributed by atoms with Gasteiger partial charge in [-0.3, -0.25) is 23.8 Å². The van der Waals surface area contributed by atoms with E-state index in [9.17, 15) is 27.2 Å². The van der Waals surface area contributed by atoms with Crippen LogP contribution in [0.2, 0.25) is 0 Å². The summed E-state index contributed by atoms with van der Waals surface area (Å²) in [7, 11) is 0. The average Bonchev–Trinajstić information content (AvgIpc) is 3.69. The highest BCUT2D eigenvalue weighted by molar-refractivity contribution is 5.95. The summed E-state index contributed by atoms with van der Waals surface area (Å²) in [5, 5.41) is 13.2. The second-order valence-electron chi connectivity index (χ2n) is 10.5. The summed E-state index contributed by atoms with van der Waals surface area (Å²) < 4.78 is 95.7. The third-order valence-corrected chi connectivity index (χ3v) is 7.53. The third kappa shape index (κ3) is 5.58. The van der Waals surface area contributed by atoms with Crippen molar-refractivity contribution in [1.82, 2.24) is 39.3 Å². The molecule has 0 radical (unpaired) electrons. The van der Waals surface area contributed by atoms with E-state index in [2.05, 4.69) is 30.7 Å². The smallest absolute Gasteiger partial charge is 0.323 e. The molecule has 0 aliphatic carbocycles. The Labute approximate surface area is 255 Å². The largest absolute Gasteiger partial charge is 0.436 e. The SMILES string of the molecule is [2H]C([2H])([2H])n1ncc2c1-c1cc(ccn1)[C@@H](n1cnc(-c3c(-n4cc(C(F)(F)F)nn4)ccc(F)c3F)cc1=O)CCC[C@@H](C)C(=O)N2. The predicted molar refractivity (Wildman–Crippen MR) is 150 cm³/mol. The molecule has 4 aromatic heterocycles. The van der Waals surface area contributed by atoms with Crippen molar-refractivity contribution in [1.29, 1.82) is 0 Å². The Morgan fingerprint density at radius 3 is 2.62 bits per heavy atom. The van der Waals surface area contributed by atoms with Gasteiger partial charge in [0.15, 0.2) is 17.3 Å². The Bertz CT molecular complexity index is 2090. The maximum absolute atomic E-state index is 15.2. The molecule has 1 aromatic carbocycles. The molecular weight excluding hydrogens is 601 g/mol. The van der Waals surface area contributed by atoms with E-state index in [1.54, 1.807) is 19.1 Å². The topological polar surface area (TPSA) is 125 Å². The molecule has 0 saturated carbocycles. The number of rotatable bonds is 3. The molecular formula is C29H24F5N9O2. The first kappa shape index (κ1) is 26.2. The van der Waals surface area contributed by atoms with Crippen molar-refractivity contribution < 1.29 is 30.9 Å². The van der Waals surface area contributed by atoms with Crippen LogP contribution in [-0.4, -0.2) is 45.2 Å². The number of amides is 1. The summed E-state index contributed by atoms with van der Waals surface area (Å²) in [6.07, 6.45) is 0.496. The van der Waals surface area contributed by atoms with Gasteiger partial charge in [-0.1, -0.05) is 18.6 Å². The number of aryl methyl sites for hydroxylation is 1. The second kappa shape index (κ2) is 11.3. The fraction of sp³-hybridized carbons (Fsp3) is 0.276. The summed E-state index contributed by atoms with van der Waals surface area (Å²) in [6.45, 7) is -1.03. The normalized spacial score (nSPS) is 18.5. The van der Waals surface area contributed by atoms with Crippen molar-refractivity contribution >= 4 is 11.6 Å². The van der Waals surface area contributed by atoms with E-state index >= 15 is 4.39 Å². The molecule has 1 amide bonds. The highest BCUT2D eigenvalue weighted by atomic mass is 19.4. The summed E-state index contributed by atoms with van der Waals surface area (Å²) >= 11 is 0. The van der Waals surface area contributed by atoms with E-state index in [4.69, 9.17) is 4.11 Å². The molecule has 1 aliphatic heterocycles. The number of carbonyl (C=O) groups is 1. The van der Waals surface area contributed by atoms with Crippen molar-refractivity contribution in [3.8, 4) is 28.3 Å². The van der Waals surface area contributed by atoms with Crippen LogP contribution in [0, 0.1) is 17.6 Å². The van der Waals surface area contributed by atoms with Gasteiger partial charge < -0.3 is 5.32 Å². The van der Waals surface area contributed by atoms with Crippen LogP contribution in [0.15, 0.2) is 60.0 Å². The maximum Gasteiger partial charge on any atom is 0.436 e. The van der Waals surface area contributed by atoms with Crippen molar-refractivity contribution in [2.24, 2.45) is 12.9 Å². The molecule has 0 fully saturated rings. The van der Waals surface area contributed by atoms with Crippen molar-refractivity contribution in [3.63, 3.8) is 0 Å². The van der Waals surface area contributed by atoms with Gasteiger partial charge in [0.1, 0.15) is 5.69 Å². The van der Waals surface area contributed by atoms with Crippen molar-refractivity contribution in [2.45, 2.75) is 38.4 Å². The van der Waals surface area contributed by atoms with Gasteiger partial charge in [0, 0.05) is 29.3 Å². The van der Waals surface area contributed by atoms with Crippen LogP contribution in [0.3, 0.4) is 0 Å². The number of pyridine rings is 1. The molecule has 5 heterocycles. The Hall–Kier alpha value is -5.28. The number of aromatic nitrogens is 8. The molecule has 2 atom stereocenters. The number of benzene rings is 1. The van der Waals surface area contributed by atoms with Crippen LogP contribution in [0.5, 0.6) is 0 Å². The maximum atomic E-state index is 15.2. The fourth-order valence-electron chi connectivity index (χ4n) is 5.21. The number of carbonyl (C=O) groups excluding carboxylic acids is 1.